The van der Waals surface area contributed by atoms with Crippen molar-refractivity contribution >= 4 is 34.3 Å². The van der Waals surface area contributed by atoms with Gasteiger partial charge in [0.2, 0.25) is 0 Å². The van der Waals surface area contributed by atoms with Crippen molar-refractivity contribution in [1.82, 2.24) is 9.88 Å². The van der Waals surface area contributed by atoms with Gasteiger partial charge in [-0.3, -0.25) is 4.98 Å². The summed E-state index contributed by atoms with van der Waals surface area (Å²) in [6, 6.07) is 1.94. The molecule has 1 aliphatic heterocycles. The molecule has 5 nitrogen and oxygen atoms in total. The molecule has 1 aromatic heterocycles. The maximum Gasteiger partial charge on any atom is 0.410 e. The molecule has 0 radical (unpaired) electrons. The molecule has 1 aliphatic rings. The summed E-state index contributed by atoms with van der Waals surface area (Å²) in [5.74, 6) is 0.820. The number of carbonyl (C=O) groups excluding carboxylic acids is 1. The van der Waals surface area contributed by atoms with Crippen molar-refractivity contribution in [3.63, 3.8) is 0 Å². The summed E-state index contributed by atoms with van der Waals surface area (Å²) in [5.41, 5.74) is 1.57. The van der Waals surface area contributed by atoms with Gasteiger partial charge in [-0.15, -0.1) is 0 Å². The molecule has 1 aromatic rings. The standard InChI is InChI=1S/C16H21IN2O3/c1-16(2,3)22-15(20)19-7-5-11(6-8-19)13-9-14(21-4)12(17)10-18-13/h5,9-10H,6-8H2,1-4H3. The molecule has 2 rings (SSSR count). The van der Waals surface area contributed by atoms with E-state index < -0.39 is 5.60 Å². The Morgan fingerprint density at radius 1 is 1.41 bits per heavy atom. The minimum absolute atomic E-state index is 0.268. The van der Waals surface area contributed by atoms with E-state index in [0.717, 1.165) is 27.0 Å². The topological polar surface area (TPSA) is 51.7 Å². The van der Waals surface area contributed by atoms with Crippen LogP contribution in [0.15, 0.2) is 18.3 Å². The Kier molecular flexibility index (Phi) is 5.31. The number of rotatable bonds is 2. The lowest BCUT2D eigenvalue weighted by Gasteiger charge is -2.29. The number of ether oxygens (including phenoxy) is 2. The normalized spacial score (nSPS) is 15.3. The molecule has 0 saturated heterocycles. The summed E-state index contributed by atoms with van der Waals surface area (Å²) in [5, 5.41) is 0. The molecule has 6 heteroatoms. The van der Waals surface area contributed by atoms with Crippen molar-refractivity contribution in [3.8, 4) is 5.75 Å². The molecule has 0 N–H and O–H groups in total. The van der Waals surface area contributed by atoms with Gasteiger partial charge in [-0.05, 0) is 55.4 Å². The number of amides is 1. The average Bonchev–Trinajstić information content (AvgIpc) is 2.46. The molecule has 1 amide bonds. The SMILES string of the molecule is COc1cc(C2=CCN(C(=O)OC(C)(C)C)CC2)ncc1I. The highest BCUT2D eigenvalue weighted by Crippen LogP contribution is 2.27. The first-order valence-electron chi connectivity index (χ1n) is 7.17. The van der Waals surface area contributed by atoms with Crippen LogP contribution in [0, 0.1) is 3.57 Å². The van der Waals surface area contributed by atoms with Crippen LogP contribution < -0.4 is 4.74 Å². The lowest BCUT2D eigenvalue weighted by Crippen LogP contribution is -2.39. The molecular formula is C16H21IN2O3. The van der Waals surface area contributed by atoms with E-state index in [1.165, 1.54) is 0 Å². The maximum atomic E-state index is 12.0. The molecule has 0 aromatic carbocycles. The number of hydrogen-bond acceptors (Lipinski definition) is 4. The van der Waals surface area contributed by atoms with E-state index in [9.17, 15) is 4.79 Å². The average molecular weight is 416 g/mol. The van der Waals surface area contributed by atoms with E-state index in [1.807, 2.05) is 32.9 Å². The zero-order valence-corrected chi connectivity index (χ0v) is 15.5. The molecule has 0 bridgehead atoms. The van der Waals surface area contributed by atoms with Crippen molar-refractivity contribution in [1.29, 1.82) is 0 Å². The van der Waals surface area contributed by atoms with Gasteiger partial charge in [0.25, 0.3) is 0 Å². The number of methoxy groups -OCH3 is 1. The number of hydrogen-bond donors (Lipinski definition) is 0. The summed E-state index contributed by atoms with van der Waals surface area (Å²) in [7, 11) is 1.65. The van der Waals surface area contributed by atoms with Crippen molar-refractivity contribution in [2.45, 2.75) is 32.8 Å². The first-order valence-corrected chi connectivity index (χ1v) is 8.25. The fourth-order valence-corrected chi connectivity index (χ4v) is 2.66. The highest BCUT2D eigenvalue weighted by Gasteiger charge is 2.24. The van der Waals surface area contributed by atoms with Gasteiger partial charge in [0.1, 0.15) is 11.4 Å². The number of nitrogens with zero attached hydrogens (tertiary/aromatic N) is 2. The lowest BCUT2D eigenvalue weighted by molar-refractivity contribution is 0.0270. The van der Waals surface area contributed by atoms with Crippen molar-refractivity contribution in [2.75, 3.05) is 20.2 Å². The summed E-state index contributed by atoms with van der Waals surface area (Å²) in [6.45, 7) is 6.80. The third-order valence-electron chi connectivity index (χ3n) is 3.23. The van der Waals surface area contributed by atoms with E-state index in [2.05, 4.69) is 27.6 Å². The van der Waals surface area contributed by atoms with Crippen LogP contribution in [0.2, 0.25) is 0 Å². The zero-order chi connectivity index (χ0) is 16.3. The number of carbonyl (C=O) groups is 1. The molecule has 0 spiro atoms. The van der Waals surface area contributed by atoms with Gasteiger partial charge in [-0.1, -0.05) is 6.08 Å². The highest BCUT2D eigenvalue weighted by atomic mass is 127. The van der Waals surface area contributed by atoms with Crippen LogP contribution in [-0.2, 0) is 4.74 Å². The lowest BCUT2D eigenvalue weighted by atomic mass is 10.0. The van der Waals surface area contributed by atoms with E-state index in [0.29, 0.717) is 13.1 Å². The van der Waals surface area contributed by atoms with Gasteiger partial charge < -0.3 is 14.4 Å². The monoisotopic (exact) mass is 416 g/mol. The van der Waals surface area contributed by atoms with Gasteiger partial charge in [0, 0.05) is 25.4 Å². The Labute approximate surface area is 144 Å². The molecule has 0 saturated carbocycles. The van der Waals surface area contributed by atoms with Gasteiger partial charge in [0.05, 0.1) is 16.4 Å². The first kappa shape index (κ1) is 17.1. The van der Waals surface area contributed by atoms with Crippen LogP contribution in [-0.4, -0.2) is 41.8 Å². The fourth-order valence-electron chi connectivity index (χ4n) is 2.15. The third-order valence-corrected chi connectivity index (χ3v) is 4.04. The molecule has 0 aliphatic carbocycles. The molecular weight excluding hydrogens is 395 g/mol. The Hall–Kier alpha value is -1.31. The van der Waals surface area contributed by atoms with Gasteiger partial charge in [-0.25, -0.2) is 4.79 Å². The van der Waals surface area contributed by atoms with E-state index in [-0.39, 0.29) is 6.09 Å². The highest BCUT2D eigenvalue weighted by molar-refractivity contribution is 14.1. The van der Waals surface area contributed by atoms with Crippen molar-refractivity contribution in [2.24, 2.45) is 0 Å². The quantitative estimate of drug-likeness (QED) is 0.690. The van der Waals surface area contributed by atoms with E-state index in [1.54, 1.807) is 18.2 Å². The maximum absolute atomic E-state index is 12.0. The second-order valence-corrected chi connectivity index (χ2v) is 7.27. The number of halogens is 1. The first-order chi connectivity index (χ1) is 10.3. The second kappa shape index (κ2) is 6.85. The summed E-state index contributed by atoms with van der Waals surface area (Å²) in [6.07, 6.45) is 4.32. The van der Waals surface area contributed by atoms with Crippen LogP contribution in [0.4, 0.5) is 4.79 Å². The summed E-state index contributed by atoms with van der Waals surface area (Å²) >= 11 is 2.20. The van der Waals surface area contributed by atoms with Crippen LogP contribution >= 0.6 is 22.6 Å². The van der Waals surface area contributed by atoms with Crippen molar-refractivity contribution < 1.29 is 14.3 Å². The van der Waals surface area contributed by atoms with E-state index >= 15 is 0 Å². The van der Waals surface area contributed by atoms with Crippen LogP contribution in [0.5, 0.6) is 5.75 Å². The Morgan fingerprint density at radius 2 is 2.14 bits per heavy atom. The van der Waals surface area contributed by atoms with Gasteiger partial charge >= 0.3 is 6.09 Å². The minimum atomic E-state index is -0.466. The predicted octanol–water partition coefficient (Wildman–Crippen LogP) is 3.72. The molecule has 0 fully saturated rings. The number of pyridine rings is 1. The summed E-state index contributed by atoms with van der Waals surface area (Å²) < 4.78 is 11.7. The molecule has 2 heterocycles. The molecule has 0 unspecified atom stereocenters. The zero-order valence-electron chi connectivity index (χ0n) is 13.4. The number of aromatic nitrogens is 1. The summed E-state index contributed by atoms with van der Waals surface area (Å²) in [4.78, 5) is 18.2. The van der Waals surface area contributed by atoms with Gasteiger partial charge in [0.15, 0.2) is 0 Å². The second-order valence-electron chi connectivity index (χ2n) is 6.11. The van der Waals surface area contributed by atoms with Crippen molar-refractivity contribution in [3.05, 3.63) is 27.6 Å². The van der Waals surface area contributed by atoms with Crippen LogP contribution in [0.25, 0.3) is 5.57 Å². The Bertz CT molecular complexity index is 594. The fraction of sp³-hybridized carbons (Fsp3) is 0.500. The molecule has 22 heavy (non-hydrogen) atoms. The molecule has 120 valence electrons. The minimum Gasteiger partial charge on any atom is -0.496 e. The molecule has 0 atom stereocenters. The Balaban J connectivity index is 2.07. The predicted molar refractivity (Wildman–Crippen MR) is 93.9 cm³/mol. The van der Waals surface area contributed by atoms with Crippen LogP contribution in [0.3, 0.4) is 0 Å². The Morgan fingerprint density at radius 3 is 2.68 bits per heavy atom. The van der Waals surface area contributed by atoms with Crippen LogP contribution in [0.1, 0.15) is 32.9 Å². The van der Waals surface area contributed by atoms with E-state index in [4.69, 9.17) is 9.47 Å². The largest absolute Gasteiger partial charge is 0.496 e. The third kappa shape index (κ3) is 4.34. The van der Waals surface area contributed by atoms with Gasteiger partial charge in [-0.2, -0.15) is 0 Å². The smallest absolute Gasteiger partial charge is 0.410 e.